The summed E-state index contributed by atoms with van der Waals surface area (Å²) in [4.78, 5) is 0. The summed E-state index contributed by atoms with van der Waals surface area (Å²) in [6, 6.07) is 31.7. The Morgan fingerprint density at radius 1 is 0.743 bits per heavy atom. The van der Waals surface area contributed by atoms with Crippen molar-refractivity contribution in [3.05, 3.63) is 106 Å². The van der Waals surface area contributed by atoms with Crippen LogP contribution in [0.1, 0.15) is 37.8 Å². The van der Waals surface area contributed by atoms with Crippen molar-refractivity contribution in [3.63, 3.8) is 0 Å². The molecule has 0 bridgehead atoms. The van der Waals surface area contributed by atoms with Gasteiger partial charge in [0.25, 0.3) is 0 Å². The van der Waals surface area contributed by atoms with Crippen LogP contribution < -0.4 is 9.75 Å². The van der Waals surface area contributed by atoms with Gasteiger partial charge in [-0.05, 0) is 58.5 Å². The van der Waals surface area contributed by atoms with Crippen LogP contribution in [-0.4, -0.2) is 4.57 Å². The fourth-order valence-electron chi connectivity index (χ4n) is 6.71. The standard InChI is InChI=1S/C33H25NS/c1-33(2)24-14-6-3-11-22(24)30-25(33)18-19-27-31(30)23-12-4-7-15-26(23)34(27)28-16-9-13-21-20-10-5-8-17-29(20)35-32(21)28/h3-8,10-15,17-19H,9,16H2,1-2H3. The molecule has 0 N–H and O–H groups in total. The number of hydrogen-bond donors (Lipinski definition) is 0. The molecule has 0 unspecified atom stereocenters. The van der Waals surface area contributed by atoms with E-state index in [0.717, 1.165) is 12.8 Å². The molecule has 35 heavy (non-hydrogen) atoms. The minimum atomic E-state index is 0.00884. The Kier molecular flexibility index (Phi) is 3.79. The second-order valence-corrected chi connectivity index (χ2v) is 11.5. The molecule has 2 aliphatic rings. The zero-order valence-corrected chi connectivity index (χ0v) is 20.7. The van der Waals surface area contributed by atoms with Gasteiger partial charge in [-0.15, -0.1) is 11.3 Å². The van der Waals surface area contributed by atoms with Gasteiger partial charge in [0.05, 0.1) is 15.6 Å². The predicted octanol–water partition coefficient (Wildman–Crippen LogP) is 7.55. The number of thiophene rings is 1. The minimum absolute atomic E-state index is 0.00884. The lowest BCUT2D eigenvalue weighted by Gasteiger charge is -2.21. The molecular weight excluding hydrogens is 442 g/mol. The summed E-state index contributed by atoms with van der Waals surface area (Å²) < 4.78 is 5.40. The number of nitrogens with zero attached hydrogens (tertiary/aromatic N) is 1. The highest BCUT2D eigenvalue weighted by Gasteiger charge is 2.37. The summed E-state index contributed by atoms with van der Waals surface area (Å²) in [6.45, 7) is 4.75. The average molecular weight is 468 g/mol. The fraction of sp³-hybridized carbons (Fsp3) is 0.152. The zero-order valence-electron chi connectivity index (χ0n) is 19.9. The largest absolute Gasteiger partial charge is 0.312 e. The number of hydrogen-bond acceptors (Lipinski definition) is 1. The van der Waals surface area contributed by atoms with Gasteiger partial charge in [-0.25, -0.2) is 0 Å². The first-order valence-electron chi connectivity index (χ1n) is 12.5. The summed E-state index contributed by atoms with van der Waals surface area (Å²) in [7, 11) is 0. The Morgan fingerprint density at radius 3 is 2.43 bits per heavy atom. The molecule has 6 aromatic rings. The lowest BCUT2D eigenvalue weighted by atomic mass is 9.82. The first-order chi connectivity index (χ1) is 17.1. The van der Waals surface area contributed by atoms with Crippen molar-refractivity contribution in [2.24, 2.45) is 0 Å². The molecule has 168 valence electrons. The molecule has 2 heteroatoms. The summed E-state index contributed by atoms with van der Waals surface area (Å²) in [5.41, 5.74) is 9.80. The number of aromatic nitrogens is 1. The molecule has 2 heterocycles. The van der Waals surface area contributed by atoms with Crippen LogP contribution in [0.4, 0.5) is 0 Å². The summed E-state index contributed by atoms with van der Waals surface area (Å²) >= 11 is 1.95. The van der Waals surface area contributed by atoms with Crippen LogP contribution in [0, 0.1) is 0 Å². The first-order valence-corrected chi connectivity index (χ1v) is 13.3. The van der Waals surface area contributed by atoms with Crippen molar-refractivity contribution in [1.29, 1.82) is 0 Å². The smallest absolute Gasteiger partial charge is 0.0550 e. The molecule has 0 saturated heterocycles. The Balaban J connectivity index is 1.58. The van der Waals surface area contributed by atoms with Gasteiger partial charge in [0.1, 0.15) is 0 Å². The molecule has 0 saturated carbocycles. The molecule has 0 fully saturated rings. The quantitative estimate of drug-likeness (QED) is 0.235. The number of benzene rings is 4. The number of fused-ring (bicyclic) bond motifs is 10. The summed E-state index contributed by atoms with van der Waals surface area (Å²) in [5.74, 6) is 0. The maximum absolute atomic E-state index is 2.58. The van der Waals surface area contributed by atoms with E-state index in [2.05, 4.69) is 109 Å². The molecule has 4 aromatic carbocycles. The van der Waals surface area contributed by atoms with Crippen LogP contribution in [0.15, 0.2) is 84.9 Å². The lowest BCUT2D eigenvalue weighted by Crippen LogP contribution is -2.27. The highest BCUT2D eigenvalue weighted by atomic mass is 32.1. The van der Waals surface area contributed by atoms with Crippen LogP contribution in [0.25, 0.3) is 54.8 Å². The average Bonchev–Trinajstić information content (AvgIpc) is 3.51. The molecule has 2 aliphatic carbocycles. The van der Waals surface area contributed by atoms with E-state index < -0.39 is 0 Å². The highest BCUT2D eigenvalue weighted by molar-refractivity contribution is 7.17. The number of rotatable bonds is 1. The molecule has 8 rings (SSSR count). The van der Waals surface area contributed by atoms with Gasteiger partial charge in [-0.3, -0.25) is 0 Å². The lowest BCUT2D eigenvalue weighted by molar-refractivity contribution is 0.661. The monoisotopic (exact) mass is 467 g/mol. The summed E-state index contributed by atoms with van der Waals surface area (Å²) in [6.07, 6.45) is 4.59. The van der Waals surface area contributed by atoms with Crippen molar-refractivity contribution in [3.8, 4) is 11.1 Å². The number of para-hydroxylation sites is 1. The molecule has 2 aromatic heterocycles. The SMILES string of the molecule is CC1(C)c2ccccc2-c2c1ccc1c2c2ccccc2n1C1=c2sc3ccccc3c2=CCC1. The van der Waals surface area contributed by atoms with Gasteiger partial charge < -0.3 is 4.57 Å². The minimum Gasteiger partial charge on any atom is -0.312 e. The van der Waals surface area contributed by atoms with E-state index >= 15 is 0 Å². The third-order valence-electron chi connectivity index (χ3n) is 8.28. The van der Waals surface area contributed by atoms with Gasteiger partial charge in [0, 0.05) is 32.0 Å². The second kappa shape index (κ2) is 6.74. The third-order valence-corrected chi connectivity index (χ3v) is 9.51. The van der Waals surface area contributed by atoms with E-state index in [9.17, 15) is 0 Å². The topological polar surface area (TPSA) is 4.93 Å². The molecular formula is C33H25NS. The van der Waals surface area contributed by atoms with Crippen LogP contribution in [0.3, 0.4) is 0 Å². The van der Waals surface area contributed by atoms with Crippen LogP contribution in [-0.2, 0) is 5.41 Å². The third kappa shape index (κ3) is 2.43. The van der Waals surface area contributed by atoms with E-state index in [-0.39, 0.29) is 5.41 Å². The van der Waals surface area contributed by atoms with E-state index in [0.29, 0.717) is 0 Å². The Labute approximate surface area is 208 Å². The van der Waals surface area contributed by atoms with Gasteiger partial charge in [-0.1, -0.05) is 86.7 Å². The van der Waals surface area contributed by atoms with Gasteiger partial charge in [0.2, 0.25) is 0 Å². The Morgan fingerprint density at radius 2 is 1.51 bits per heavy atom. The van der Waals surface area contributed by atoms with Crippen LogP contribution >= 0.6 is 11.3 Å². The Hall–Kier alpha value is -3.62. The molecule has 1 nitrogen and oxygen atoms in total. The van der Waals surface area contributed by atoms with Crippen LogP contribution in [0.5, 0.6) is 0 Å². The maximum atomic E-state index is 2.58. The van der Waals surface area contributed by atoms with Crippen molar-refractivity contribution in [2.45, 2.75) is 32.1 Å². The molecule has 0 atom stereocenters. The molecule has 0 radical (unpaired) electrons. The van der Waals surface area contributed by atoms with Crippen LogP contribution in [0.2, 0.25) is 0 Å². The van der Waals surface area contributed by atoms with Gasteiger partial charge in [-0.2, -0.15) is 0 Å². The zero-order chi connectivity index (χ0) is 23.3. The summed E-state index contributed by atoms with van der Waals surface area (Å²) in [5, 5.41) is 5.57. The van der Waals surface area contributed by atoms with E-state index in [1.165, 1.54) is 69.6 Å². The fourth-order valence-corrected chi connectivity index (χ4v) is 7.97. The highest BCUT2D eigenvalue weighted by Crippen LogP contribution is 2.53. The molecule has 0 spiro atoms. The second-order valence-electron chi connectivity index (χ2n) is 10.4. The first kappa shape index (κ1) is 19.7. The van der Waals surface area contributed by atoms with Crippen molar-refractivity contribution < 1.29 is 0 Å². The Bertz CT molecular complexity index is 1980. The van der Waals surface area contributed by atoms with Crippen molar-refractivity contribution >= 4 is 55.0 Å². The van der Waals surface area contributed by atoms with Gasteiger partial charge >= 0.3 is 0 Å². The molecule has 0 amide bonds. The van der Waals surface area contributed by atoms with Crippen molar-refractivity contribution in [2.75, 3.05) is 0 Å². The van der Waals surface area contributed by atoms with E-state index in [1.807, 2.05) is 11.3 Å². The van der Waals surface area contributed by atoms with E-state index in [1.54, 1.807) is 0 Å². The molecule has 0 aliphatic heterocycles. The van der Waals surface area contributed by atoms with Crippen molar-refractivity contribution in [1.82, 2.24) is 4.57 Å². The maximum Gasteiger partial charge on any atom is 0.0550 e. The van der Waals surface area contributed by atoms with E-state index in [4.69, 9.17) is 0 Å². The predicted molar refractivity (Wildman–Crippen MR) is 151 cm³/mol. The normalized spacial score (nSPS) is 15.9. The van der Waals surface area contributed by atoms with Gasteiger partial charge in [0.15, 0.2) is 0 Å².